The lowest BCUT2D eigenvalue weighted by Crippen LogP contribution is -2.41. The third-order valence-corrected chi connectivity index (χ3v) is 5.38. The van der Waals surface area contributed by atoms with Gasteiger partial charge in [0, 0.05) is 47.7 Å². The van der Waals surface area contributed by atoms with E-state index in [4.69, 9.17) is 4.74 Å². The fourth-order valence-electron chi connectivity index (χ4n) is 3.83. The van der Waals surface area contributed by atoms with Crippen LogP contribution in [-0.4, -0.2) is 39.0 Å². The number of para-hydroxylation sites is 1. The van der Waals surface area contributed by atoms with Crippen LogP contribution in [-0.2, 0) is 11.3 Å². The molecule has 0 saturated carbocycles. The number of fused-ring (bicyclic) bond motifs is 1. The third kappa shape index (κ3) is 3.46. The molecule has 1 aliphatic rings. The summed E-state index contributed by atoms with van der Waals surface area (Å²) in [7, 11) is 0. The van der Waals surface area contributed by atoms with Crippen molar-refractivity contribution in [2.45, 2.75) is 18.6 Å². The minimum Gasteiger partial charge on any atom is -0.377 e. The molecule has 3 aromatic heterocycles. The number of hydrogen-bond donors (Lipinski definition) is 2. The van der Waals surface area contributed by atoms with E-state index in [1.807, 2.05) is 30.5 Å². The monoisotopic (exact) mass is 387 g/mol. The van der Waals surface area contributed by atoms with Crippen molar-refractivity contribution in [3.05, 3.63) is 83.0 Å². The fraction of sp³-hybridized carbons (Fsp3) is 0.227. The first kappa shape index (κ1) is 17.8. The number of H-pyrrole nitrogens is 1. The molecule has 2 unspecified atom stereocenters. The van der Waals surface area contributed by atoms with E-state index in [2.05, 4.69) is 32.5 Å². The minimum atomic E-state index is -0.163. The second-order valence-corrected chi connectivity index (χ2v) is 7.19. The Hall–Kier alpha value is -3.29. The van der Waals surface area contributed by atoms with Crippen molar-refractivity contribution < 1.29 is 4.74 Å². The molecule has 4 heterocycles. The largest absolute Gasteiger partial charge is 0.377 e. The minimum absolute atomic E-state index is 0.00184. The van der Waals surface area contributed by atoms with Crippen molar-refractivity contribution in [2.24, 2.45) is 0 Å². The Balaban J connectivity index is 1.39. The van der Waals surface area contributed by atoms with Crippen molar-refractivity contribution in [3.8, 4) is 11.3 Å². The van der Waals surface area contributed by atoms with E-state index in [0.717, 1.165) is 16.8 Å². The summed E-state index contributed by atoms with van der Waals surface area (Å²) < 4.78 is 7.24. The van der Waals surface area contributed by atoms with Crippen LogP contribution in [0.15, 0.2) is 71.9 Å². The van der Waals surface area contributed by atoms with Gasteiger partial charge in [0.05, 0.1) is 31.0 Å². The Bertz CT molecular complexity index is 1180. The van der Waals surface area contributed by atoms with E-state index < -0.39 is 0 Å². The Morgan fingerprint density at radius 3 is 2.97 bits per heavy atom. The normalized spacial score (nSPS) is 19.0. The van der Waals surface area contributed by atoms with Crippen LogP contribution in [0.4, 0.5) is 0 Å². The number of pyridine rings is 1. The SMILES string of the molecule is O=c1ccc(-c2cccnc2)nn1C1COCC1NCc1c[nH]c2ccccc12. The van der Waals surface area contributed by atoms with Gasteiger partial charge in [-0.15, -0.1) is 0 Å². The van der Waals surface area contributed by atoms with Gasteiger partial charge in [0.1, 0.15) is 0 Å². The summed E-state index contributed by atoms with van der Waals surface area (Å²) in [4.78, 5) is 20.0. The number of hydrogen-bond acceptors (Lipinski definition) is 5. The van der Waals surface area contributed by atoms with Gasteiger partial charge >= 0.3 is 0 Å². The molecule has 7 nitrogen and oxygen atoms in total. The second-order valence-electron chi connectivity index (χ2n) is 7.19. The zero-order chi connectivity index (χ0) is 19.6. The third-order valence-electron chi connectivity index (χ3n) is 5.38. The van der Waals surface area contributed by atoms with Crippen molar-refractivity contribution in [3.63, 3.8) is 0 Å². The Morgan fingerprint density at radius 2 is 2.07 bits per heavy atom. The van der Waals surface area contributed by atoms with Gasteiger partial charge in [-0.3, -0.25) is 9.78 Å². The summed E-state index contributed by atoms with van der Waals surface area (Å²) in [5.41, 5.74) is 3.77. The average Bonchev–Trinajstić information content (AvgIpc) is 3.40. The van der Waals surface area contributed by atoms with E-state index in [1.54, 1.807) is 29.2 Å². The highest BCUT2D eigenvalue weighted by atomic mass is 16.5. The van der Waals surface area contributed by atoms with Gasteiger partial charge in [0.25, 0.3) is 5.56 Å². The molecule has 29 heavy (non-hydrogen) atoms. The molecule has 1 aromatic carbocycles. The molecule has 0 radical (unpaired) electrons. The van der Waals surface area contributed by atoms with Gasteiger partial charge in [-0.25, -0.2) is 4.68 Å². The van der Waals surface area contributed by atoms with Gasteiger partial charge in [0.15, 0.2) is 0 Å². The molecule has 0 spiro atoms. The lowest BCUT2D eigenvalue weighted by Gasteiger charge is -2.20. The smallest absolute Gasteiger partial charge is 0.267 e. The molecule has 4 aromatic rings. The summed E-state index contributed by atoms with van der Waals surface area (Å²) in [5.74, 6) is 0. The number of ether oxygens (including phenoxy) is 1. The fourth-order valence-corrected chi connectivity index (χ4v) is 3.83. The molecule has 1 aliphatic heterocycles. The van der Waals surface area contributed by atoms with Crippen molar-refractivity contribution in [2.75, 3.05) is 13.2 Å². The van der Waals surface area contributed by atoms with Gasteiger partial charge in [-0.2, -0.15) is 5.10 Å². The number of nitrogens with zero attached hydrogens (tertiary/aromatic N) is 3. The maximum absolute atomic E-state index is 12.5. The molecule has 1 fully saturated rings. The highest BCUT2D eigenvalue weighted by Gasteiger charge is 2.31. The second kappa shape index (κ2) is 7.62. The zero-order valence-corrected chi connectivity index (χ0v) is 15.8. The topological polar surface area (TPSA) is 84.8 Å². The van der Waals surface area contributed by atoms with E-state index in [0.29, 0.717) is 19.8 Å². The van der Waals surface area contributed by atoms with E-state index >= 15 is 0 Å². The lowest BCUT2D eigenvalue weighted by molar-refractivity contribution is 0.181. The van der Waals surface area contributed by atoms with Gasteiger partial charge in [-0.05, 0) is 29.8 Å². The number of rotatable bonds is 5. The van der Waals surface area contributed by atoms with Crippen LogP contribution >= 0.6 is 0 Å². The summed E-state index contributed by atoms with van der Waals surface area (Å²) in [5, 5.41) is 9.36. The molecule has 146 valence electrons. The summed E-state index contributed by atoms with van der Waals surface area (Å²) in [6.07, 6.45) is 5.49. The van der Waals surface area contributed by atoms with Gasteiger partial charge in [0.2, 0.25) is 0 Å². The zero-order valence-electron chi connectivity index (χ0n) is 15.8. The molecule has 0 aliphatic carbocycles. The predicted octanol–water partition coefficient (Wildman–Crippen LogP) is 2.52. The van der Waals surface area contributed by atoms with Crippen LogP contribution in [0.5, 0.6) is 0 Å². The molecule has 1 saturated heterocycles. The maximum Gasteiger partial charge on any atom is 0.267 e. The molecule has 5 rings (SSSR count). The summed E-state index contributed by atoms with van der Waals surface area (Å²) in [6, 6.07) is 15.1. The van der Waals surface area contributed by atoms with Crippen LogP contribution in [0, 0.1) is 0 Å². The number of benzene rings is 1. The van der Waals surface area contributed by atoms with Crippen molar-refractivity contribution in [1.29, 1.82) is 0 Å². The van der Waals surface area contributed by atoms with Gasteiger partial charge < -0.3 is 15.0 Å². The molecule has 0 bridgehead atoms. The standard InChI is InChI=1S/C22H21N5O2/c28-22-8-7-18(15-4-3-9-23-10-15)26-27(22)21-14-29-13-20(21)25-12-16-11-24-19-6-2-1-5-17(16)19/h1-11,20-21,24-25H,12-14H2. The first-order valence-corrected chi connectivity index (χ1v) is 9.66. The Morgan fingerprint density at radius 1 is 1.14 bits per heavy atom. The lowest BCUT2D eigenvalue weighted by atomic mass is 10.1. The Labute approximate surface area is 167 Å². The molecule has 7 heteroatoms. The molecular formula is C22H21N5O2. The predicted molar refractivity (Wildman–Crippen MR) is 111 cm³/mol. The maximum atomic E-state index is 12.5. The highest BCUT2D eigenvalue weighted by Crippen LogP contribution is 2.22. The van der Waals surface area contributed by atoms with Crippen LogP contribution in [0.25, 0.3) is 22.2 Å². The first-order chi connectivity index (χ1) is 14.3. The number of aromatic nitrogens is 4. The first-order valence-electron chi connectivity index (χ1n) is 9.66. The Kier molecular flexibility index (Phi) is 4.67. The van der Waals surface area contributed by atoms with Crippen LogP contribution in [0.1, 0.15) is 11.6 Å². The summed E-state index contributed by atoms with van der Waals surface area (Å²) >= 11 is 0. The van der Waals surface area contributed by atoms with E-state index in [9.17, 15) is 4.79 Å². The number of aromatic amines is 1. The quantitative estimate of drug-likeness (QED) is 0.550. The molecular weight excluding hydrogens is 366 g/mol. The van der Waals surface area contributed by atoms with E-state index in [-0.39, 0.29) is 17.6 Å². The molecule has 2 atom stereocenters. The number of nitrogens with one attached hydrogen (secondary N) is 2. The van der Waals surface area contributed by atoms with Crippen LogP contribution in [0.2, 0.25) is 0 Å². The molecule has 0 amide bonds. The van der Waals surface area contributed by atoms with Crippen LogP contribution in [0.3, 0.4) is 0 Å². The molecule has 2 N–H and O–H groups in total. The highest BCUT2D eigenvalue weighted by molar-refractivity contribution is 5.82. The van der Waals surface area contributed by atoms with Gasteiger partial charge in [-0.1, -0.05) is 18.2 Å². The van der Waals surface area contributed by atoms with Crippen molar-refractivity contribution in [1.82, 2.24) is 25.1 Å². The van der Waals surface area contributed by atoms with E-state index in [1.165, 1.54) is 10.9 Å². The van der Waals surface area contributed by atoms with Crippen LogP contribution < -0.4 is 10.9 Å². The van der Waals surface area contributed by atoms with Crippen molar-refractivity contribution >= 4 is 10.9 Å². The summed E-state index contributed by atoms with van der Waals surface area (Å²) in [6.45, 7) is 1.68. The average molecular weight is 387 g/mol.